The molecule has 3 aromatic rings. The van der Waals surface area contributed by atoms with E-state index in [1.807, 2.05) is 30.6 Å². The summed E-state index contributed by atoms with van der Waals surface area (Å²) in [6, 6.07) is 15.3. The van der Waals surface area contributed by atoms with Gasteiger partial charge in [-0.25, -0.2) is 4.98 Å². The average Bonchev–Trinajstić information content (AvgIpc) is 3.58. The lowest BCUT2D eigenvalue weighted by molar-refractivity contribution is 0.249. The lowest BCUT2D eigenvalue weighted by atomic mass is 10.2. The lowest BCUT2D eigenvalue weighted by Gasteiger charge is -2.27. The van der Waals surface area contributed by atoms with Gasteiger partial charge in [0.1, 0.15) is 5.82 Å². The molecule has 2 aromatic heterocycles. The predicted molar refractivity (Wildman–Crippen MR) is 144 cm³/mol. The van der Waals surface area contributed by atoms with Gasteiger partial charge in [-0.05, 0) is 42.9 Å². The van der Waals surface area contributed by atoms with E-state index in [9.17, 15) is 0 Å². The molecule has 8 heteroatoms. The van der Waals surface area contributed by atoms with Crippen molar-refractivity contribution < 1.29 is 0 Å². The van der Waals surface area contributed by atoms with Gasteiger partial charge in [-0.3, -0.25) is 9.89 Å². The molecule has 0 bridgehead atoms. The summed E-state index contributed by atoms with van der Waals surface area (Å²) in [6.07, 6.45) is 7.38. The number of hydrogen-bond donors (Lipinski definition) is 2. The van der Waals surface area contributed by atoms with Gasteiger partial charge in [-0.1, -0.05) is 36.4 Å². The summed E-state index contributed by atoms with van der Waals surface area (Å²) in [5.74, 6) is 1.93. The summed E-state index contributed by atoms with van der Waals surface area (Å²) >= 11 is 1.84. The minimum Gasteiger partial charge on any atom is -0.356 e. The van der Waals surface area contributed by atoms with E-state index in [0.717, 1.165) is 37.8 Å². The molecule has 0 spiro atoms. The fraction of sp³-hybridized carbons (Fsp3) is 0.417. The molecule has 2 N–H and O–H groups in total. The van der Waals surface area contributed by atoms with E-state index in [1.54, 1.807) is 0 Å². The first kappa shape index (κ1) is 24.7. The van der Waals surface area contributed by atoms with E-state index in [-0.39, 0.29) is 24.0 Å². The van der Waals surface area contributed by atoms with Crippen LogP contribution in [0.4, 0.5) is 0 Å². The smallest absolute Gasteiger partial charge is 0.191 e. The van der Waals surface area contributed by atoms with Crippen molar-refractivity contribution in [3.05, 3.63) is 76.5 Å². The molecule has 32 heavy (non-hydrogen) atoms. The molecule has 1 aliphatic heterocycles. The second-order valence-corrected chi connectivity index (χ2v) is 8.84. The van der Waals surface area contributed by atoms with Crippen LogP contribution in [0.3, 0.4) is 0 Å². The van der Waals surface area contributed by atoms with Gasteiger partial charge in [0, 0.05) is 50.4 Å². The van der Waals surface area contributed by atoms with Crippen molar-refractivity contribution in [3.63, 3.8) is 0 Å². The first-order valence-corrected chi connectivity index (χ1v) is 12.0. The highest BCUT2D eigenvalue weighted by Gasteiger charge is 2.24. The minimum atomic E-state index is 0. The number of hydrogen-bond acceptors (Lipinski definition) is 4. The number of aromatic nitrogens is 2. The number of imidazole rings is 1. The summed E-state index contributed by atoms with van der Waals surface area (Å²) in [5.41, 5.74) is 1.29. The number of guanidine groups is 1. The van der Waals surface area contributed by atoms with Crippen LogP contribution in [0.1, 0.15) is 35.1 Å². The zero-order valence-corrected chi connectivity index (χ0v) is 21.8. The van der Waals surface area contributed by atoms with Crippen LogP contribution in [0.5, 0.6) is 0 Å². The van der Waals surface area contributed by atoms with Crippen molar-refractivity contribution >= 4 is 41.3 Å². The molecule has 1 aliphatic rings. The third kappa shape index (κ3) is 6.79. The van der Waals surface area contributed by atoms with Gasteiger partial charge in [0.15, 0.2) is 5.96 Å². The van der Waals surface area contributed by atoms with E-state index in [2.05, 4.69) is 78.1 Å². The molecule has 6 nitrogen and oxygen atoms in total. The molecule has 4 rings (SSSR count). The summed E-state index contributed by atoms with van der Waals surface area (Å²) in [6.45, 7) is 4.86. The van der Waals surface area contributed by atoms with E-state index in [4.69, 9.17) is 0 Å². The largest absolute Gasteiger partial charge is 0.356 e. The van der Waals surface area contributed by atoms with Crippen molar-refractivity contribution in [1.29, 1.82) is 0 Å². The van der Waals surface area contributed by atoms with Crippen LogP contribution in [-0.4, -0.2) is 53.6 Å². The number of likely N-dealkylation sites (tertiary alicyclic amines) is 1. The van der Waals surface area contributed by atoms with Gasteiger partial charge < -0.3 is 15.2 Å². The van der Waals surface area contributed by atoms with Gasteiger partial charge in [0.2, 0.25) is 0 Å². The standard InChI is InChI=1S/C24H32N6S.HI/c1-25-24(28-18-21(22-10-7-17-31-22)29-14-5-6-15-29)27-12-11-23-26-13-16-30(23)19-20-8-3-2-4-9-20;/h2-4,7-10,13,16-17,21H,5-6,11-12,14-15,18-19H2,1H3,(H2,25,27,28);1H. The Morgan fingerprint density at radius 1 is 1.12 bits per heavy atom. The molecule has 0 saturated carbocycles. The fourth-order valence-electron chi connectivity index (χ4n) is 4.14. The molecule has 1 unspecified atom stereocenters. The van der Waals surface area contributed by atoms with Crippen molar-refractivity contribution in [3.8, 4) is 0 Å². The normalized spacial score (nSPS) is 15.3. The van der Waals surface area contributed by atoms with Crippen LogP contribution in [0.2, 0.25) is 0 Å². The molecule has 0 aliphatic carbocycles. The maximum Gasteiger partial charge on any atom is 0.191 e. The second-order valence-electron chi connectivity index (χ2n) is 7.86. The van der Waals surface area contributed by atoms with Crippen LogP contribution >= 0.6 is 35.3 Å². The highest BCUT2D eigenvalue weighted by Crippen LogP contribution is 2.27. The quantitative estimate of drug-likeness (QED) is 0.233. The molecular formula is C24H33IN6S. The SMILES string of the molecule is CN=C(NCCc1nccn1Cc1ccccc1)NCC(c1cccs1)N1CCCC1.I. The molecule has 0 amide bonds. The third-order valence-corrected chi connectivity index (χ3v) is 6.75. The molecule has 1 atom stereocenters. The van der Waals surface area contributed by atoms with Gasteiger partial charge >= 0.3 is 0 Å². The number of thiophene rings is 1. The molecule has 1 fully saturated rings. The van der Waals surface area contributed by atoms with Crippen molar-refractivity contribution in [2.75, 3.05) is 33.2 Å². The monoisotopic (exact) mass is 564 g/mol. The summed E-state index contributed by atoms with van der Waals surface area (Å²) in [7, 11) is 1.84. The first-order chi connectivity index (χ1) is 15.3. The Kier molecular flexibility index (Phi) is 10.0. The Hall–Kier alpha value is -1.91. The second kappa shape index (κ2) is 13.0. The Morgan fingerprint density at radius 2 is 1.94 bits per heavy atom. The lowest BCUT2D eigenvalue weighted by Crippen LogP contribution is -2.43. The minimum absolute atomic E-state index is 0. The van der Waals surface area contributed by atoms with Crippen LogP contribution in [0.25, 0.3) is 0 Å². The van der Waals surface area contributed by atoms with Crippen LogP contribution < -0.4 is 10.6 Å². The van der Waals surface area contributed by atoms with Gasteiger partial charge in [0.25, 0.3) is 0 Å². The average molecular weight is 565 g/mol. The first-order valence-electron chi connectivity index (χ1n) is 11.1. The van der Waals surface area contributed by atoms with E-state index in [0.29, 0.717) is 6.04 Å². The summed E-state index contributed by atoms with van der Waals surface area (Å²) in [4.78, 5) is 13.0. The number of nitrogens with one attached hydrogen (secondary N) is 2. The highest BCUT2D eigenvalue weighted by molar-refractivity contribution is 14.0. The van der Waals surface area contributed by atoms with E-state index >= 15 is 0 Å². The Balaban J connectivity index is 0.00000289. The van der Waals surface area contributed by atoms with Gasteiger partial charge in [-0.15, -0.1) is 35.3 Å². The zero-order chi connectivity index (χ0) is 21.3. The van der Waals surface area contributed by atoms with Crippen molar-refractivity contribution in [1.82, 2.24) is 25.1 Å². The molecule has 172 valence electrons. The third-order valence-electron chi connectivity index (χ3n) is 5.78. The van der Waals surface area contributed by atoms with Crippen LogP contribution in [-0.2, 0) is 13.0 Å². The molecule has 0 radical (unpaired) electrons. The van der Waals surface area contributed by atoms with Crippen molar-refractivity contribution in [2.45, 2.75) is 31.8 Å². The van der Waals surface area contributed by atoms with Crippen molar-refractivity contribution in [2.24, 2.45) is 4.99 Å². The van der Waals surface area contributed by atoms with E-state index < -0.39 is 0 Å². The Labute approximate surface area is 212 Å². The summed E-state index contributed by atoms with van der Waals surface area (Å²) in [5, 5.41) is 9.18. The molecular weight excluding hydrogens is 531 g/mol. The van der Waals surface area contributed by atoms with Gasteiger partial charge in [-0.2, -0.15) is 0 Å². The van der Waals surface area contributed by atoms with E-state index in [1.165, 1.54) is 36.4 Å². The number of halogens is 1. The molecule has 1 aromatic carbocycles. The topological polar surface area (TPSA) is 57.5 Å². The molecule has 1 saturated heterocycles. The molecule has 3 heterocycles. The predicted octanol–water partition coefficient (Wildman–Crippen LogP) is 4.16. The number of nitrogens with zero attached hydrogens (tertiary/aromatic N) is 4. The van der Waals surface area contributed by atoms with Crippen LogP contribution in [0.15, 0.2) is 65.2 Å². The number of rotatable bonds is 9. The highest BCUT2D eigenvalue weighted by atomic mass is 127. The number of aliphatic imine (C=N–C) groups is 1. The number of benzene rings is 1. The maximum atomic E-state index is 4.55. The Bertz CT molecular complexity index is 935. The van der Waals surface area contributed by atoms with Gasteiger partial charge in [0.05, 0.1) is 6.04 Å². The zero-order valence-electron chi connectivity index (χ0n) is 18.6. The maximum absolute atomic E-state index is 4.55. The Morgan fingerprint density at radius 3 is 2.66 bits per heavy atom. The van der Waals surface area contributed by atoms with Crippen LogP contribution in [0, 0.1) is 0 Å². The summed E-state index contributed by atoms with van der Waals surface area (Å²) < 4.78 is 2.22. The fourth-order valence-corrected chi connectivity index (χ4v) is 5.00.